The lowest BCUT2D eigenvalue weighted by Crippen LogP contribution is -2.49. The van der Waals surface area contributed by atoms with Crippen LogP contribution < -0.4 is 5.32 Å². The third-order valence-corrected chi connectivity index (χ3v) is 4.42. The number of nitrogens with zero attached hydrogens (tertiary/aromatic N) is 1. The van der Waals surface area contributed by atoms with E-state index in [2.05, 4.69) is 37.9 Å². The molecule has 1 unspecified atom stereocenters. The molecular formula is C18H38N2. The van der Waals surface area contributed by atoms with Crippen LogP contribution in [0.5, 0.6) is 0 Å². The third-order valence-electron chi connectivity index (χ3n) is 4.42. The second-order valence-corrected chi connectivity index (χ2v) is 7.58. The summed E-state index contributed by atoms with van der Waals surface area (Å²) in [4.78, 5) is 2.75. The summed E-state index contributed by atoms with van der Waals surface area (Å²) in [5.74, 6) is 0. The quantitative estimate of drug-likeness (QED) is 0.622. The lowest BCUT2D eigenvalue weighted by atomic mass is 9.99. The first-order chi connectivity index (χ1) is 9.53. The summed E-state index contributed by atoms with van der Waals surface area (Å²) in [6.45, 7) is 12.9. The molecular weight excluding hydrogens is 244 g/mol. The third kappa shape index (κ3) is 8.26. The summed E-state index contributed by atoms with van der Waals surface area (Å²) >= 11 is 0. The van der Waals surface area contributed by atoms with Crippen molar-refractivity contribution in [1.82, 2.24) is 10.2 Å². The van der Waals surface area contributed by atoms with Crippen LogP contribution in [-0.2, 0) is 0 Å². The number of likely N-dealkylation sites (tertiary alicyclic amines) is 1. The Morgan fingerprint density at radius 1 is 1.00 bits per heavy atom. The van der Waals surface area contributed by atoms with Crippen LogP contribution in [-0.4, -0.2) is 36.1 Å². The molecule has 1 rings (SSSR count). The second-order valence-electron chi connectivity index (χ2n) is 7.58. The van der Waals surface area contributed by atoms with E-state index in [1.807, 2.05) is 0 Å². The molecule has 0 aromatic carbocycles. The van der Waals surface area contributed by atoms with Gasteiger partial charge in [-0.25, -0.2) is 0 Å². The highest BCUT2D eigenvalue weighted by Gasteiger charge is 2.23. The molecule has 2 nitrogen and oxygen atoms in total. The summed E-state index contributed by atoms with van der Waals surface area (Å²) in [6, 6.07) is 0.776. The molecule has 120 valence electrons. The molecule has 0 aliphatic carbocycles. The van der Waals surface area contributed by atoms with Crippen molar-refractivity contribution in [2.75, 3.05) is 19.6 Å². The molecule has 1 saturated heterocycles. The van der Waals surface area contributed by atoms with Crippen molar-refractivity contribution in [2.24, 2.45) is 0 Å². The van der Waals surface area contributed by atoms with E-state index in [0.29, 0.717) is 0 Å². The first-order valence-electron chi connectivity index (χ1n) is 9.02. The normalized spacial score (nSPS) is 21.3. The van der Waals surface area contributed by atoms with Gasteiger partial charge in [0.05, 0.1) is 0 Å². The fourth-order valence-corrected chi connectivity index (χ4v) is 3.10. The molecule has 1 aliphatic heterocycles. The SMILES string of the molecule is CCCCCCCCN1CCCCC1CNC(C)(C)C. The Bertz CT molecular complexity index is 232. The molecule has 0 amide bonds. The highest BCUT2D eigenvalue weighted by atomic mass is 15.2. The number of hydrogen-bond acceptors (Lipinski definition) is 2. The van der Waals surface area contributed by atoms with Gasteiger partial charge in [0.15, 0.2) is 0 Å². The molecule has 1 atom stereocenters. The smallest absolute Gasteiger partial charge is 0.0220 e. The largest absolute Gasteiger partial charge is 0.311 e. The molecule has 0 aromatic heterocycles. The Kier molecular flexibility index (Phi) is 8.79. The maximum atomic E-state index is 3.70. The predicted molar refractivity (Wildman–Crippen MR) is 90.3 cm³/mol. The van der Waals surface area contributed by atoms with Gasteiger partial charge in [-0.2, -0.15) is 0 Å². The minimum Gasteiger partial charge on any atom is -0.311 e. The molecule has 0 aromatic rings. The molecule has 1 heterocycles. The number of nitrogens with one attached hydrogen (secondary N) is 1. The number of rotatable bonds is 9. The summed E-state index contributed by atoms with van der Waals surface area (Å²) < 4.78 is 0. The summed E-state index contributed by atoms with van der Waals surface area (Å²) in [5, 5.41) is 3.70. The average Bonchev–Trinajstić information content (AvgIpc) is 2.40. The molecule has 1 aliphatic rings. The number of unbranched alkanes of at least 4 members (excludes halogenated alkanes) is 5. The number of hydrogen-bond donors (Lipinski definition) is 1. The molecule has 2 heteroatoms. The van der Waals surface area contributed by atoms with E-state index >= 15 is 0 Å². The van der Waals surface area contributed by atoms with Crippen molar-refractivity contribution in [3.05, 3.63) is 0 Å². The second kappa shape index (κ2) is 9.78. The average molecular weight is 283 g/mol. The van der Waals surface area contributed by atoms with E-state index in [-0.39, 0.29) is 5.54 Å². The van der Waals surface area contributed by atoms with E-state index in [0.717, 1.165) is 6.04 Å². The Hall–Kier alpha value is -0.0800. The van der Waals surface area contributed by atoms with Crippen molar-refractivity contribution >= 4 is 0 Å². The molecule has 0 spiro atoms. The molecule has 0 bridgehead atoms. The monoisotopic (exact) mass is 282 g/mol. The van der Waals surface area contributed by atoms with Crippen LogP contribution in [0.2, 0.25) is 0 Å². The summed E-state index contributed by atoms with van der Waals surface area (Å²) in [7, 11) is 0. The van der Waals surface area contributed by atoms with Crippen molar-refractivity contribution in [3.63, 3.8) is 0 Å². The van der Waals surface area contributed by atoms with Gasteiger partial charge in [-0.3, -0.25) is 4.90 Å². The van der Waals surface area contributed by atoms with Gasteiger partial charge >= 0.3 is 0 Å². The maximum Gasteiger partial charge on any atom is 0.0220 e. The zero-order valence-corrected chi connectivity index (χ0v) is 14.5. The van der Waals surface area contributed by atoms with E-state index in [4.69, 9.17) is 0 Å². The van der Waals surface area contributed by atoms with E-state index in [9.17, 15) is 0 Å². The highest BCUT2D eigenvalue weighted by molar-refractivity contribution is 4.82. The molecule has 0 radical (unpaired) electrons. The van der Waals surface area contributed by atoms with Gasteiger partial charge in [0.1, 0.15) is 0 Å². The zero-order chi connectivity index (χ0) is 14.8. The van der Waals surface area contributed by atoms with E-state index < -0.39 is 0 Å². The maximum absolute atomic E-state index is 3.70. The van der Waals surface area contributed by atoms with Crippen LogP contribution >= 0.6 is 0 Å². The minimum absolute atomic E-state index is 0.253. The lowest BCUT2D eigenvalue weighted by Gasteiger charge is -2.37. The van der Waals surface area contributed by atoms with Gasteiger partial charge < -0.3 is 5.32 Å². The first-order valence-corrected chi connectivity index (χ1v) is 9.02. The van der Waals surface area contributed by atoms with E-state index in [1.54, 1.807) is 0 Å². The van der Waals surface area contributed by atoms with Gasteiger partial charge in [-0.05, 0) is 53.1 Å². The van der Waals surface area contributed by atoms with Crippen LogP contribution in [0.15, 0.2) is 0 Å². The van der Waals surface area contributed by atoms with Crippen molar-refractivity contribution in [2.45, 2.75) is 97.1 Å². The van der Waals surface area contributed by atoms with E-state index in [1.165, 1.54) is 77.4 Å². The minimum atomic E-state index is 0.253. The Labute approximate surface area is 127 Å². The Morgan fingerprint density at radius 3 is 2.40 bits per heavy atom. The fourth-order valence-electron chi connectivity index (χ4n) is 3.10. The van der Waals surface area contributed by atoms with Gasteiger partial charge in [-0.15, -0.1) is 0 Å². The highest BCUT2D eigenvalue weighted by Crippen LogP contribution is 2.18. The lowest BCUT2D eigenvalue weighted by molar-refractivity contribution is 0.136. The first kappa shape index (κ1) is 18.0. The molecule has 0 saturated carbocycles. The van der Waals surface area contributed by atoms with Crippen LogP contribution in [0.1, 0.15) is 85.5 Å². The van der Waals surface area contributed by atoms with Crippen LogP contribution in [0.3, 0.4) is 0 Å². The van der Waals surface area contributed by atoms with Crippen LogP contribution in [0.4, 0.5) is 0 Å². The molecule has 1 fully saturated rings. The van der Waals surface area contributed by atoms with Crippen LogP contribution in [0, 0.1) is 0 Å². The van der Waals surface area contributed by atoms with Gasteiger partial charge in [0.25, 0.3) is 0 Å². The zero-order valence-electron chi connectivity index (χ0n) is 14.5. The number of piperidine rings is 1. The summed E-state index contributed by atoms with van der Waals surface area (Å²) in [6.07, 6.45) is 12.7. The summed E-state index contributed by atoms with van der Waals surface area (Å²) in [5.41, 5.74) is 0.253. The van der Waals surface area contributed by atoms with Gasteiger partial charge in [-0.1, -0.05) is 45.4 Å². The van der Waals surface area contributed by atoms with Gasteiger partial charge in [0, 0.05) is 18.1 Å². The Balaban J connectivity index is 2.19. The molecule has 1 N–H and O–H groups in total. The predicted octanol–water partition coefficient (Wildman–Crippen LogP) is 4.59. The van der Waals surface area contributed by atoms with Crippen molar-refractivity contribution < 1.29 is 0 Å². The molecule has 20 heavy (non-hydrogen) atoms. The van der Waals surface area contributed by atoms with Gasteiger partial charge in [0.2, 0.25) is 0 Å². The standard InChI is InChI=1S/C18H38N2/c1-5-6-7-8-9-11-14-20-15-12-10-13-17(20)16-19-18(2,3)4/h17,19H,5-16H2,1-4H3. The fraction of sp³-hybridized carbons (Fsp3) is 1.00. The topological polar surface area (TPSA) is 15.3 Å². The van der Waals surface area contributed by atoms with Crippen molar-refractivity contribution in [1.29, 1.82) is 0 Å². The Morgan fingerprint density at radius 2 is 1.70 bits per heavy atom. The van der Waals surface area contributed by atoms with Crippen LogP contribution in [0.25, 0.3) is 0 Å². The van der Waals surface area contributed by atoms with Crippen molar-refractivity contribution in [3.8, 4) is 0 Å².